The summed E-state index contributed by atoms with van der Waals surface area (Å²) in [5.74, 6) is -2.76. The summed E-state index contributed by atoms with van der Waals surface area (Å²) < 4.78 is 75.4. The van der Waals surface area contributed by atoms with Crippen molar-refractivity contribution in [3.63, 3.8) is 0 Å². The van der Waals surface area contributed by atoms with Crippen molar-refractivity contribution in [1.82, 2.24) is 9.88 Å². The Morgan fingerprint density at radius 1 is 1.09 bits per heavy atom. The van der Waals surface area contributed by atoms with Gasteiger partial charge in [-0.1, -0.05) is 0 Å². The van der Waals surface area contributed by atoms with Gasteiger partial charge in [0, 0.05) is 48.7 Å². The molecule has 1 aliphatic rings. The van der Waals surface area contributed by atoms with Gasteiger partial charge in [0.05, 0.1) is 5.56 Å². The summed E-state index contributed by atoms with van der Waals surface area (Å²) >= 11 is 0.774. The SMILES string of the molecule is CN1CCN(c2ccc3cc(-c4nc(C(F)(F)F)cs4)c(=O)oc3c2)CC1.O=C(O)C(F)(F)F. The number of likely N-dealkylation sites (N-methyl/N-ethyl adjacent to an activating group) is 1. The molecule has 0 amide bonds. The monoisotopic (exact) mass is 509 g/mol. The number of alkyl halides is 6. The molecule has 3 aromatic rings. The van der Waals surface area contributed by atoms with E-state index in [1.807, 2.05) is 12.1 Å². The zero-order chi connectivity index (χ0) is 25.3. The summed E-state index contributed by atoms with van der Waals surface area (Å²) in [6, 6.07) is 7.08. The van der Waals surface area contributed by atoms with Crippen LogP contribution in [0.15, 0.2) is 38.9 Å². The molecule has 0 bridgehead atoms. The number of halogens is 6. The van der Waals surface area contributed by atoms with Crippen molar-refractivity contribution in [1.29, 1.82) is 0 Å². The third kappa shape index (κ3) is 6.05. The number of piperazine rings is 1. The van der Waals surface area contributed by atoms with Crippen LogP contribution >= 0.6 is 11.3 Å². The molecule has 1 aliphatic heterocycles. The number of anilines is 1. The molecule has 1 aromatic carbocycles. The highest BCUT2D eigenvalue weighted by molar-refractivity contribution is 7.13. The zero-order valence-corrected chi connectivity index (χ0v) is 18.2. The summed E-state index contributed by atoms with van der Waals surface area (Å²) in [6.07, 6.45) is -9.62. The number of aliphatic carboxylic acids is 1. The molecule has 0 spiro atoms. The van der Waals surface area contributed by atoms with E-state index in [1.54, 1.807) is 6.07 Å². The van der Waals surface area contributed by atoms with Crippen molar-refractivity contribution in [2.75, 3.05) is 38.1 Å². The third-order valence-electron chi connectivity index (χ3n) is 4.86. The van der Waals surface area contributed by atoms with Gasteiger partial charge in [-0.3, -0.25) is 0 Å². The number of hydrogen-bond acceptors (Lipinski definition) is 7. The maximum absolute atomic E-state index is 12.8. The zero-order valence-electron chi connectivity index (χ0n) is 17.4. The van der Waals surface area contributed by atoms with Crippen LogP contribution in [0.5, 0.6) is 0 Å². The van der Waals surface area contributed by atoms with Gasteiger partial charge in [0.1, 0.15) is 10.6 Å². The molecule has 0 radical (unpaired) electrons. The molecule has 1 N–H and O–H groups in total. The quantitative estimate of drug-likeness (QED) is 0.407. The summed E-state index contributed by atoms with van der Waals surface area (Å²) in [6.45, 7) is 3.66. The smallest absolute Gasteiger partial charge is 0.475 e. The van der Waals surface area contributed by atoms with Crippen LogP contribution in [0.4, 0.5) is 32.0 Å². The van der Waals surface area contributed by atoms with Crippen LogP contribution in [0.1, 0.15) is 5.69 Å². The van der Waals surface area contributed by atoms with E-state index in [0.717, 1.165) is 48.6 Å². The van der Waals surface area contributed by atoms with Crippen molar-refractivity contribution >= 4 is 34.0 Å². The van der Waals surface area contributed by atoms with E-state index in [9.17, 15) is 31.1 Å². The van der Waals surface area contributed by atoms with Crippen molar-refractivity contribution in [3.8, 4) is 10.6 Å². The summed E-state index contributed by atoms with van der Waals surface area (Å²) in [4.78, 5) is 29.2. The Labute approximate surface area is 191 Å². The van der Waals surface area contributed by atoms with Crippen LogP contribution in [0.3, 0.4) is 0 Å². The van der Waals surface area contributed by atoms with E-state index < -0.39 is 29.6 Å². The highest BCUT2D eigenvalue weighted by Gasteiger charge is 2.38. The van der Waals surface area contributed by atoms with E-state index in [0.29, 0.717) is 11.0 Å². The first-order chi connectivity index (χ1) is 15.8. The van der Waals surface area contributed by atoms with Gasteiger partial charge >= 0.3 is 23.9 Å². The second-order valence-corrected chi connectivity index (χ2v) is 8.16. The molecule has 1 fully saturated rings. The molecule has 0 atom stereocenters. The minimum Gasteiger partial charge on any atom is -0.475 e. The van der Waals surface area contributed by atoms with Gasteiger partial charge in [0.2, 0.25) is 0 Å². The molecule has 4 rings (SSSR count). The lowest BCUT2D eigenvalue weighted by atomic mass is 10.1. The molecule has 184 valence electrons. The van der Waals surface area contributed by atoms with Crippen LogP contribution in [0.25, 0.3) is 21.5 Å². The second-order valence-electron chi connectivity index (χ2n) is 7.30. The minimum atomic E-state index is -5.08. The molecule has 1 saturated heterocycles. The van der Waals surface area contributed by atoms with E-state index in [4.69, 9.17) is 14.3 Å². The van der Waals surface area contributed by atoms with Crippen LogP contribution < -0.4 is 10.5 Å². The van der Waals surface area contributed by atoms with Gasteiger partial charge in [-0.25, -0.2) is 14.6 Å². The van der Waals surface area contributed by atoms with Crippen LogP contribution in [-0.4, -0.2) is 60.4 Å². The Hall–Kier alpha value is -3.13. The third-order valence-corrected chi connectivity index (χ3v) is 5.73. The molecule has 34 heavy (non-hydrogen) atoms. The number of aromatic nitrogens is 1. The van der Waals surface area contributed by atoms with Gasteiger partial charge in [-0.2, -0.15) is 26.3 Å². The van der Waals surface area contributed by atoms with Gasteiger partial charge in [-0.15, -0.1) is 11.3 Å². The average Bonchev–Trinajstić information content (AvgIpc) is 3.24. The van der Waals surface area contributed by atoms with Crippen molar-refractivity contribution in [2.24, 2.45) is 0 Å². The minimum absolute atomic E-state index is 0.00104. The van der Waals surface area contributed by atoms with Gasteiger partial charge < -0.3 is 19.3 Å². The fourth-order valence-corrected chi connectivity index (χ4v) is 3.87. The van der Waals surface area contributed by atoms with Crippen LogP contribution in [0.2, 0.25) is 0 Å². The lowest BCUT2D eigenvalue weighted by molar-refractivity contribution is -0.192. The Bertz CT molecular complexity index is 1230. The lowest BCUT2D eigenvalue weighted by Crippen LogP contribution is -2.44. The summed E-state index contributed by atoms with van der Waals surface area (Å²) in [7, 11) is 2.07. The Kier molecular flexibility index (Phi) is 7.21. The first kappa shape index (κ1) is 25.5. The van der Waals surface area contributed by atoms with Crippen LogP contribution in [0, 0.1) is 0 Å². The topological polar surface area (TPSA) is 86.9 Å². The Morgan fingerprint density at radius 3 is 2.24 bits per heavy atom. The second kappa shape index (κ2) is 9.62. The van der Waals surface area contributed by atoms with Gasteiger partial charge in [0.15, 0.2) is 5.69 Å². The van der Waals surface area contributed by atoms with Crippen molar-refractivity contribution < 1.29 is 40.7 Å². The molecule has 0 saturated carbocycles. The first-order valence-corrected chi connectivity index (χ1v) is 10.5. The Morgan fingerprint density at radius 2 is 1.71 bits per heavy atom. The highest BCUT2D eigenvalue weighted by Crippen LogP contribution is 2.33. The molecule has 7 nitrogen and oxygen atoms in total. The molecule has 14 heteroatoms. The normalized spacial score (nSPS) is 15.2. The van der Waals surface area contributed by atoms with Crippen molar-refractivity contribution in [2.45, 2.75) is 12.4 Å². The standard InChI is InChI=1S/C18H16F3N3O2S.C2HF3O2/c1-23-4-6-24(7-5-23)12-3-2-11-8-13(17(25)26-14(11)9-12)16-22-15(10-27-16)18(19,20)21;3-2(4,5)1(6)7/h2-3,8-10H,4-7H2,1H3;(H,6,7). The van der Waals surface area contributed by atoms with E-state index in [2.05, 4.69) is 21.8 Å². The molecule has 2 aromatic heterocycles. The number of benzene rings is 1. The number of carbonyl (C=O) groups is 1. The van der Waals surface area contributed by atoms with Gasteiger partial charge in [-0.05, 0) is 25.2 Å². The fraction of sp³-hybridized carbons (Fsp3) is 0.350. The number of nitrogens with zero attached hydrogens (tertiary/aromatic N) is 3. The van der Waals surface area contributed by atoms with Crippen LogP contribution in [-0.2, 0) is 11.0 Å². The number of hydrogen-bond donors (Lipinski definition) is 1. The number of carboxylic acids is 1. The molecule has 0 aliphatic carbocycles. The van der Waals surface area contributed by atoms with Crippen molar-refractivity contribution in [3.05, 3.63) is 45.8 Å². The fourth-order valence-electron chi connectivity index (χ4n) is 3.04. The number of fused-ring (bicyclic) bond motifs is 1. The predicted molar refractivity (Wildman–Crippen MR) is 112 cm³/mol. The number of rotatable bonds is 2. The maximum atomic E-state index is 12.8. The molecular weight excluding hydrogens is 492 g/mol. The summed E-state index contributed by atoms with van der Waals surface area (Å²) in [5.41, 5.74) is -0.295. The highest BCUT2D eigenvalue weighted by atomic mass is 32.1. The van der Waals surface area contributed by atoms with E-state index in [-0.39, 0.29) is 10.6 Å². The number of carboxylic acid groups (broad SMARTS) is 1. The predicted octanol–water partition coefficient (Wildman–Crippen LogP) is 4.32. The largest absolute Gasteiger partial charge is 0.490 e. The average molecular weight is 509 g/mol. The van der Waals surface area contributed by atoms with E-state index in [1.165, 1.54) is 6.07 Å². The molecule has 3 heterocycles. The Balaban J connectivity index is 0.000000406. The molecule has 0 unspecified atom stereocenters. The molecular formula is C20H17F6N3O4S. The van der Waals surface area contributed by atoms with E-state index >= 15 is 0 Å². The first-order valence-electron chi connectivity index (χ1n) is 9.60. The van der Waals surface area contributed by atoms with Gasteiger partial charge in [0.25, 0.3) is 0 Å². The lowest BCUT2D eigenvalue weighted by Gasteiger charge is -2.34. The summed E-state index contributed by atoms with van der Waals surface area (Å²) in [5, 5.41) is 8.67. The maximum Gasteiger partial charge on any atom is 0.490 e. The number of thiazole rings is 1.